The van der Waals surface area contributed by atoms with Gasteiger partial charge in [0.15, 0.2) is 6.61 Å². The van der Waals surface area contributed by atoms with Gasteiger partial charge in [0.25, 0.3) is 5.91 Å². The van der Waals surface area contributed by atoms with Crippen LogP contribution in [-0.2, 0) is 16.1 Å². The molecule has 0 unspecified atom stereocenters. The Labute approximate surface area is 159 Å². The van der Waals surface area contributed by atoms with Crippen LogP contribution in [0.3, 0.4) is 0 Å². The number of rotatable bonds is 5. The van der Waals surface area contributed by atoms with Gasteiger partial charge in [-0.25, -0.2) is 4.98 Å². The number of carbonyl (C=O) groups is 2. The molecule has 0 fully saturated rings. The molecular formula is C19H17N3O4S. The number of carbonyl (C=O) groups excluding carboxylic acids is 2. The standard InChI is InChI=1S/C19H17N3O4S/c1-12-21-15(11-27-12)13-4-5-17-16(7-13)22(19(24)10-26-17)9-18(23)20-8-14-3-2-6-25-14/h2-7,11H,8-10H2,1H3,(H,20,23). The van der Waals surface area contributed by atoms with Crippen molar-refractivity contribution in [3.63, 3.8) is 0 Å². The van der Waals surface area contributed by atoms with Crippen LogP contribution >= 0.6 is 11.3 Å². The molecule has 8 heteroatoms. The van der Waals surface area contributed by atoms with Crippen molar-refractivity contribution in [2.75, 3.05) is 18.1 Å². The van der Waals surface area contributed by atoms with Gasteiger partial charge in [0.05, 0.1) is 29.2 Å². The predicted molar refractivity (Wildman–Crippen MR) is 101 cm³/mol. The number of ether oxygens (including phenoxy) is 1. The Kier molecular flexibility index (Phi) is 4.64. The summed E-state index contributed by atoms with van der Waals surface area (Å²) in [6, 6.07) is 9.07. The molecule has 7 nitrogen and oxygen atoms in total. The number of furan rings is 1. The van der Waals surface area contributed by atoms with Crippen LogP contribution in [0.5, 0.6) is 5.75 Å². The van der Waals surface area contributed by atoms with E-state index in [0.29, 0.717) is 17.2 Å². The van der Waals surface area contributed by atoms with E-state index in [0.717, 1.165) is 16.3 Å². The highest BCUT2D eigenvalue weighted by Gasteiger charge is 2.28. The molecule has 1 aliphatic heterocycles. The molecule has 3 heterocycles. The zero-order valence-corrected chi connectivity index (χ0v) is 15.4. The molecule has 4 rings (SSSR count). The molecule has 0 saturated carbocycles. The predicted octanol–water partition coefficient (Wildman–Crippen LogP) is 2.75. The molecule has 0 saturated heterocycles. The summed E-state index contributed by atoms with van der Waals surface area (Å²) < 4.78 is 10.7. The summed E-state index contributed by atoms with van der Waals surface area (Å²) in [6.07, 6.45) is 1.55. The second kappa shape index (κ2) is 7.24. The van der Waals surface area contributed by atoms with E-state index in [1.54, 1.807) is 35.8 Å². The number of thiazole rings is 1. The molecule has 2 aromatic heterocycles. The largest absolute Gasteiger partial charge is 0.482 e. The van der Waals surface area contributed by atoms with Crippen molar-refractivity contribution in [3.8, 4) is 17.0 Å². The van der Waals surface area contributed by atoms with Gasteiger partial charge in [-0.1, -0.05) is 0 Å². The minimum Gasteiger partial charge on any atom is -0.482 e. The summed E-state index contributed by atoms with van der Waals surface area (Å²) >= 11 is 1.56. The fourth-order valence-electron chi connectivity index (χ4n) is 2.83. The highest BCUT2D eigenvalue weighted by Crippen LogP contribution is 2.36. The van der Waals surface area contributed by atoms with Crippen molar-refractivity contribution in [1.82, 2.24) is 10.3 Å². The molecule has 138 valence electrons. The molecule has 0 radical (unpaired) electrons. The number of hydrogen-bond acceptors (Lipinski definition) is 6. The van der Waals surface area contributed by atoms with Gasteiger partial charge in [-0.05, 0) is 37.3 Å². The fraction of sp³-hybridized carbons (Fsp3) is 0.211. The molecule has 1 aliphatic rings. The Morgan fingerprint density at radius 2 is 2.26 bits per heavy atom. The molecule has 0 bridgehead atoms. The van der Waals surface area contributed by atoms with E-state index in [-0.39, 0.29) is 31.5 Å². The third-order valence-corrected chi connectivity index (χ3v) is 4.93. The number of benzene rings is 1. The number of aromatic nitrogens is 1. The van der Waals surface area contributed by atoms with Crippen molar-refractivity contribution < 1.29 is 18.7 Å². The van der Waals surface area contributed by atoms with Crippen LogP contribution in [0.4, 0.5) is 5.69 Å². The van der Waals surface area contributed by atoms with Crippen molar-refractivity contribution in [2.24, 2.45) is 0 Å². The average Bonchev–Trinajstić information content (AvgIpc) is 3.34. The quantitative estimate of drug-likeness (QED) is 0.732. The summed E-state index contributed by atoms with van der Waals surface area (Å²) in [5.74, 6) is 0.687. The van der Waals surface area contributed by atoms with Gasteiger partial charge < -0.3 is 14.5 Å². The Balaban J connectivity index is 1.54. The molecule has 1 N–H and O–H groups in total. The molecule has 1 aromatic carbocycles. The van der Waals surface area contributed by atoms with Gasteiger partial charge in [-0.3, -0.25) is 14.5 Å². The maximum Gasteiger partial charge on any atom is 0.265 e. The lowest BCUT2D eigenvalue weighted by Crippen LogP contribution is -2.45. The Hall–Kier alpha value is -3.13. The van der Waals surface area contributed by atoms with E-state index < -0.39 is 0 Å². The summed E-state index contributed by atoms with van der Waals surface area (Å²) in [7, 11) is 0. The number of aryl methyl sites for hydroxylation is 1. The first kappa shape index (κ1) is 17.3. The van der Waals surface area contributed by atoms with Crippen LogP contribution in [0.25, 0.3) is 11.3 Å². The van der Waals surface area contributed by atoms with Gasteiger partial charge in [-0.2, -0.15) is 0 Å². The average molecular weight is 383 g/mol. The molecule has 0 atom stereocenters. The minimum atomic E-state index is -0.275. The molecule has 0 spiro atoms. The topological polar surface area (TPSA) is 84.7 Å². The lowest BCUT2D eigenvalue weighted by atomic mass is 10.1. The van der Waals surface area contributed by atoms with Crippen LogP contribution in [-0.4, -0.2) is 29.9 Å². The van der Waals surface area contributed by atoms with Gasteiger partial charge in [0.1, 0.15) is 18.1 Å². The molecular weight excluding hydrogens is 366 g/mol. The lowest BCUT2D eigenvalue weighted by Gasteiger charge is -2.29. The first-order valence-corrected chi connectivity index (χ1v) is 9.27. The van der Waals surface area contributed by atoms with E-state index in [4.69, 9.17) is 9.15 Å². The Bertz CT molecular complexity index is 981. The Morgan fingerprint density at radius 3 is 3.00 bits per heavy atom. The van der Waals surface area contributed by atoms with Gasteiger partial charge in [0.2, 0.25) is 5.91 Å². The van der Waals surface area contributed by atoms with E-state index in [1.165, 1.54) is 4.90 Å². The Morgan fingerprint density at radius 1 is 1.37 bits per heavy atom. The summed E-state index contributed by atoms with van der Waals surface area (Å²) in [4.78, 5) is 30.6. The summed E-state index contributed by atoms with van der Waals surface area (Å²) in [5.41, 5.74) is 2.28. The molecule has 3 aromatic rings. The number of hydrogen-bond donors (Lipinski definition) is 1. The van der Waals surface area contributed by atoms with Crippen molar-refractivity contribution in [1.29, 1.82) is 0 Å². The van der Waals surface area contributed by atoms with Crippen LogP contribution in [0.15, 0.2) is 46.4 Å². The van der Waals surface area contributed by atoms with E-state index >= 15 is 0 Å². The third-order valence-electron chi connectivity index (χ3n) is 4.16. The molecule has 2 amide bonds. The van der Waals surface area contributed by atoms with Gasteiger partial charge in [-0.15, -0.1) is 11.3 Å². The first-order valence-electron chi connectivity index (χ1n) is 8.39. The maximum atomic E-state index is 12.4. The first-order chi connectivity index (χ1) is 13.1. The van der Waals surface area contributed by atoms with E-state index in [2.05, 4.69) is 10.3 Å². The van der Waals surface area contributed by atoms with Crippen molar-refractivity contribution >= 4 is 28.8 Å². The number of amides is 2. The van der Waals surface area contributed by atoms with Gasteiger partial charge in [0, 0.05) is 10.9 Å². The zero-order chi connectivity index (χ0) is 18.8. The number of fused-ring (bicyclic) bond motifs is 1. The highest BCUT2D eigenvalue weighted by molar-refractivity contribution is 7.09. The second-order valence-corrected chi connectivity index (χ2v) is 7.12. The monoisotopic (exact) mass is 383 g/mol. The van der Waals surface area contributed by atoms with Crippen molar-refractivity contribution in [2.45, 2.75) is 13.5 Å². The summed E-state index contributed by atoms with van der Waals surface area (Å²) in [5, 5.41) is 5.68. The second-order valence-electron chi connectivity index (χ2n) is 6.06. The van der Waals surface area contributed by atoms with Crippen LogP contribution < -0.4 is 15.0 Å². The van der Waals surface area contributed by atoms with E-state index in [9.17, 15) is 9.59 Å². The third kappa shape index (κ3) is 3.70. The zero-order valence-electron chi connectivity index (χ0n) is 14.6. The van der Waals surface area contributed by atoms with Crippen LogP contribution in [0, 0.1) is 6.92 Å². The maximum absolute atomic E-state index is 12.4. The van der Waals surface area contributed by atoms with Crippen LogP contribution in [0.2, 0.25) is 0 Å². The minimum absolute atomic E-state index is 0.0878. The number of anilines is 1. The number of nitrogens with zero attached hydrogens (tertiary/aromatic N) is 2. The van der Waals surface area contributed by atoms with Crippen molar-refractivity contribution in [3.05, 3.63) is 52.7 Å². The normalized spacial score (nSPS) is 13.2. The molecule has 27 heavy (non-hydrogen) atoms. The number of nitrogens with one attached hydrogen (secondary N) is 1. The highest BCUT2D eigenvalue weighted by atomic mass is 32.1. The lowest BCUT2D eigenvalue weighted by molar-refractivity contribution is -0.125. The SMILES string of the molecule is Cc1nc(-c2ccc3c(c2)N(CC(=O)NCc2ccco2)C(=O)CO3)cs1. The molecule has 0 aliphatic carbocycles. The van der Waals surface area contributed by atoms with E-state index in [1.807, 2.05) is 24.4 Å². The van der Waals surface area contributed by atoms with Gasteiger partial charge >= 0.3 is 0 Å². The fourth-order valence-corrected chi connectivity index (χ4v) is 3.45. The van der Waals surface area contributed by atoms with Crippen LogP contribution in [0.1, 0.15) is 10.8 Å². The smallest absolute Gasteiger partial charge is 0.265 e. The summed E-state index contributed by atoms with van der Waals surface area (Å²) in [6.45, 7) is 2.04.